The molecule has 0 fully saturated rings. The van der Waals surface area contributed by atoms with Gasteiger partial charge in [-0.25, -0.2) is 0 Å². The van der Waals surface area contributed by atoms with E-state index in [0.29, 0.717) is 23.6 Å². The zero-order valence-electron chi connectivity index (χ0n) is 12.7. The van der Waals surface area contributed by atoms with E-state index in [2.05, 4.69) is 4.98 Å². The van der Waals surface area contributed by atoms with Crippen LogP contribution in [0.2, 0.25) is 0 Å². The number of carbonyl (C=O) groups is 3. The summed E-state index contributed by atoms with van der Waals surface area (Å²) in [4.78, 5) is 39.8. The van der Waals surface area contributed by atoms with Gasteiger partial charge >= 0.3 is 5.97 Å². The van der Waals surface area contributed by atoms with Crippen molar-refractivity contribution in [2.24, 2.45) is 5.92 Å². The molecule has 120 valence electrons. The van der Waals surface area contributed by atoms with E-state index in [-0.39, 0.29) is 18.1 Å². The Balaban J connectivity index is 2.56. The Kier molecular flexibility index (Phi) is 7.59. The first kappa shape index (κ1) is 18.2. The third-order valence-electron chi connectivity index (χ3n) is 3.17. The zero-order chi connectivity index (χ0) is 16.5. The second-order valence-electron chi connectivity index (χ2n) is 4.92. The minimum atomic E-state index is -0.997. The molecule has 0 saturated carbocycles. The molecular formula is C15H20N2O4S. The summed E-state index contributed by atoms with van der Waals surface area (Å²) in [5.74, 6) is -0.742. The van der Waals surface area contributed by atoms with Crippen LogP contribution in [0, 0.1) is 5.92 Å². The van der Waals surface area contributed by atoms with Crippen LogP contribution in [-0.2, 0) is 9.59 Å². The fraction of sp³-hybridized carbons (Fsp3) is 0.467. The van der Waals surface area contributed by atoms with Crippen molar-refractivity contribution in [3.05, 3.63) is 30.1 Å². The van der Waals surface area contributed by atoms with E-state index in [1.54, 1.807) is 30.3 Å². The van der Waals surface area contributed by atoms with Gasteiger partial charge < -0.3 is 10.0 Å². The molecule has 0 bridgehead atoms. The topological polar surface area (TPSA) is 87.6 Å². The maximum absolute atomic E-state index is 12.3. The summed E-state index contributed by atoms with van der Waals surface area (Å²) < 4.78 is 0. The molecule has 1 N–H and O–H groups in total. The summed E-state index contributed by atoms with van der Waals surface area (Å²) in [5, 5.41) is 8.97. The smallest absolute Gasteiger partial charge is 0.304 e. The van der Waals surface area contributed by atoms with E-state index < -0.39 is 11.9 Å². The van der Waals surface area contributed by atoms with Crippen molar-refractivity contribution in [2.75, 3.05) is 25.1 Å². The molecule has 0 aromatic carbocycles. The number of hydrogen-bond acceptors (Lipinski definition) is 5. The van der Waals surface area contributed by atoms with Crippen molar-refractivity contribution in [1.29, 1.82) is 0 Å². The van der Waals surface area contributed by atoms with Crippen LogP contribution in [0.3, 0.4) is 0 Å². The number of Topliss-reactive ketones (excluding diaryl/α,β-unsaturated/α-hetero) is 1. The molecule has 0 aliphatic heterocycles. The predicted molar refractivity (Wildman–Crippen MR) is 84.9 cm³/mol. The van der Waals surface area contributed by atoms with Gasteiger partial charge in [-0.1, -0.05) is 0 Å². The lowest BCUT2D eigenvalue weighted by atomic mass is 9.97. The Labute approximate surface area is 133 Å². The summed E-state index contributed by atoms with van der Waals surface area (Å²) in [6.07, 6.45) is 2.81. The monoisotopic (exact) mass is 324 g/mol. The number of aliphatic carboxylic acids is 1. The van der Waals surface area contributed by atoms with Gasteiger partial charge in [-0.3, -0.25) is 19.4 Å². The number of ketones is 1. The van der Waals surface area contributed by atoms with E-state index in [0.717, 1.165) is 0 Å². The summed E-state index contributed by atoms with van der Waals surface area (Å²) in [7, 11) is 1.71. The average Bonchev–Trinajstić information content (AvgIpc) is 2.49. The van der Waals surface area contributed by atoms with E-state index in [9.17, 15) is 14.4 Å². The molecule has 0 spiro atoms. The maximum Gasteiger partial charge on any atom is 0.304 e. The van der Waals surface area contributed by atoms with Gasteiger partial charge in [0.2, 0.25) is 5.91 Å². The largest absolute Gasteiger partial charge is 0.481 e. The molecule has 0 aliphatic rings. The maximum atomic E-state index is 12.3. The van der Waals surface area contributed by atoms with E-state index in [4.69, 9.17) is 5.11 Å². The number of thioether (sulfide) groups is 1. The number of amides is 1. The van der Waals surface area contributed by atoms with Gasteiger partial charge in [0.1, 0.15) is 0 Å². The van der Waals surface area contributed by atoms with Gasteiger partial charge in [-0.2, -0.15) is 11.8 Å². The number of hydrogen-bond donors (Lipinski definition) is 1. The lowest BCUT2D eigenvalue weighted by molar-refractivity contribution is -0.137. The van der Waals surface area contributed by atoms with Crippen molar-refractivity contribution in [1.82, 2.24) is 9.88 Å². The highest BCUT2D eigenvalue weighted by Gasteiger charge is 2.23. The molecule has 0 aliphatic carbocycles. The number of rotatable bonds is 9. The summed E-state index contributed by atoms with van der Waals surface area (Å²) in [5.41, 5.74) is 0.426. The standard InChI is InChI=1S/C15H20N2O4S/c1-11(18)17(2)6-7-22-10-13(8-14(19)20)15(21)12-4-3-5-16-9-12/h3-5,9,13H,6-8,10H2,1-2H3,(H,19,20). The van der Waals surface area contributed by atoms with Crippen LogP contribution in [0.1, 0.15) is 23.7 Å². The first-order valence-electron chi connectivity index (χ1n) is 6.87. The second-order valence-corrected chi connectivity index (χ2v) is 6.07. The molecular weight excluding hydrogens is 304 g/mol. The number of aromatic nitrogens is 1. The van der Waals surface area contributed by atoms with Crippen molar-refractivity contribution in [2.45, 2.75) is 13.3 Å². The van der Waals surface area contributed by atoms with Gasteiger partial charge in [0, 0.05) is 55.9 Å². The molecule has 0 saturated heterocycles. The van der Waals surface area contributed by atoms with Crippen LogP contribution in [0.4, 0.5) is 0 Å². The first-order valence-corrected chi connectivity index (χ1v) is 8.02. The highest BCUT2D eigenvalue weighted by Crippen LogP contribution is 2.18. The van der Waals surface area contributed by atoms with Gasteiger partial charge in [-0.05, 0) is 12.1 Å². The van der Waals surface area contributed by atoms with Gasteiger partial charge in [0.05, 0.1) is 6.42 Å². The summed E-state index contributed by atoms with van der Waals surface area (Å²) in [6.45, 7) is 2.06. The fourth-order valence-corrected chi connectivity index (χ4v) is 2.89. The molecule has 1 unspecified atom stereocenters. The molecule has 0 radical (unpaired) electrons. The molecule has 1 aromatic rings. The summed E-state index contributed by atoms with van der Waals surface area (Å²) >= 11 is 1.47. The SMILES string of the molecule is CC(=O)N(C)CCSCC(CC(=O)O)C(=O)c1cccnc1. The van der Waals surface area contributed by atoms with Crippen LogP contribution < -0.4 is 0 Å². The molecule has 1 rings (SSSR count). The van der Waals surface area contributed by atoms with Crippen LogP contribution in [0.5, 0.6) is 0 Å². The predicted octanol–water partition coefficient (Wildman–Crippen LogP) is 1.57. The summed E-state index contributed by atoms with van der Waals surface area (Å²) in [6, 6.07) is 3.29. The number of pyridine rings is 1. The van der Waals surface area contributed by atoms with Gasteiger partial charge in [-0.15, -0.1) is 0 Å². The molecule has 6 nitrogen and oxygen atoms in total. The Morgan fingerprint density at radius 3 is 2.68 bits per heavy atom. The fourth-order valence-electron chi connectivity index (χ4n) is 1.77. The lowest BCUT2D eigenvalue weighted by Crippen LogP contribution is -2.27. The normalized spacial score (nSPS) is 11.7. The number of nitrogens with zero attached hydrogens (tertiary/aromatic N) is 2. The van der Waals surface area contributed by atoms with Crippen LogP contribution >= 0.6 is 11.8 Å². The van der Waals surface area contributed by atoms with E-state index >= 15 is 0 Å². The Morgan fingerprint density at radius 1 is 1.41 bits per heavy atom. The number of carboxylic acids is 1. The lowest BCUT2D eigenvalue weighted by Gasteiger charge is -2.16. The first-order chi connectivity index (χ1) is 10.4. The van der Waals surface area contributed by atoms with Crippen LogP contribution in [0.15, 0.2) is 24.5 Å². The van der Waals surface area contributed by atoms with Crippen molar-refractivity contribution >= 4 is 29.4 Å². The molecule has 7 heteroatoms. The van der Waals surface area contributed by atoms with E-state index in [1.165, 1.54) is 24.9 Å². The second kappa shape index (κ2) is 9.19. The van der Waals surface area contributed by atoms with Gasteiger partial charge in [0.15, 0.2) is 5.78 Å². The quantitative estimate of drug-likeness (QED) is 0.548. The molecule has 1 aromatic heterocycles. The van der Waals surface area contributed by atoms with Crippen molar-refractivity contribution in [3.63, 3.8) is 0 Å². The van der Waals surface area contributed by atoms with E-state index in [1.807, 2.05) is 0 Å². The molecule has 1 amide bonds. The molecule has 1 atom stereocenters. The zero-order valence-corrected chi connectivity index (χ0v) is 13.5. The Bertz CT molecular complexity index is 522. The number of carboxylic acid groups (broad SMARTS) is 1. The third kappa shape index (κ3) is 6.26. The number of carbonyl (C=O) groups excluding carboxylic acids is 2. The van der Waals surface area contributed by atoms with Crippen LogP contribution in [-0.4, -0.2) is 57.7 Å². The Morgan fingerprint density at radius 2 is 2.14 bits per heavy atom. The average molecular weight is 324 g/mol. The highest BCUT2D eigenvalue weighted by molar-refractivity contribution is 7.99. The molecule has 1 heterocycles. The van der Waals surface area contributed by atoms with Crippen LogP contribution in [0.25, 0.3) is 0 Å². The highest BCUT2D eigenvalue weighted by atomic mass is 32.2. The van der Waals surface area contributed by atoms with Crippen molar-refractivity contribution in [3.8, 4) is 0 Å². The minimum absolute atomic E-state index is 0.0193. The van der Waals surface area contributed by atoms with Gasteiger partial charge in [0.25, 0.3) is 0 Å². The third-order valence-corrected chi connectivity index (χ3v) is 4.27. The molecule has 22 heavy (non-hydrogen) atoms. The van der Waals surface area contributed by atoms with Crippen molar-refractivity contribution < 1.29 is 19.5 Å². The minimum Gasteiger partial charge on any atom is -0.481 e. The Hall–Kier alpha value is -1.89.